The maximum atomic E-state index is 14.6. The van der Waals surface area contributed by atoms with E-state index in [0.29, 0.717) is 22.9 Å². The molecule has 6 rings (SSSR count). The van der Waals surface area contributed by atoms with Gasteiger partial charge in [-0.1, -0.05) is 42.5 Å². The number of piperidine rings is 3. The molecule has 2 bridgehead atoms. The number of hydrogen-bond acceptors (Lipinski definition) is 2. The molecule has 154 valence electrons. The van der Waals surface area contributed by atoms with Crippen molar-refractivity contribution < 1.29 is 14.0 Å². The van der Waals surface area contributed by atoms with E-state index in [1.807, 2.05) is 42.5 Å². The highest BCUT2D eigenvalue weighted by Crippen LogP contribution is 2.48. The lowest BCUT2D eigenvalue weighted by Gasteiger charge is -2.58. The number of benzene rings is 2. The molecule has 4 heterocycles. The van der Waals surface area contributed by atoms with Crippen LogP contribution >= 0.6 is 0 Å². The van der Waals surface area contributed by atoms with E-state index < -0.39 is 6.10 Å². The van der Waals surface area contributed by atoms with E-state index in [0.717, 1.165) is 48.0 Å². The van der Waals surface area contributed by atoms with Gasteiger partial charge in [-0.3, -0.25) is 4.98 Å². The molecule has 1 N–H and O–H groups in total. The Morgan fingerprint density at radius 1 is 1.17 bits per heavy atom. The van der Waals surface area contributed by atoms with Crippen molar-refractivity contribution in [3.05, 3.63) is 90.4 Å². The number of para-hydroxylation sites is 1. The Labute approximate surface area is 177 Å². The molecule has 0 saturated carbocycles. The van der Waals surface area contributed by atoms with Crippen LogP contribution in [0.15, 0.2) is 73.4 Å². The van der Waals surface area contributed by atoms with Crippen LogP contribution < -0.4 is 0 Å². The van der Waals surface area contributed by atoms with E-state index in [4.69, 9.17) is 0 Å². The molecule has 5 atom stereocenters. The lowest BCUT2D eigenvalue weighted by atomic mass is 9.71. The molecule has 3 nitrogen and oxygen atoms in total. The molecule has 0 aliphatic carbocycles. The first-order valence-corrected chi connectivity index (χ1v) is 10.8. The Hall–Kier alpha value is -2.56. The summed E-state index contributed by atoms with van der Waals surface area (Å²) >= 11 is 0. The predicted octanol–water partition coefficient (Wildman–Crippen LogP) is 5.02. The summed E-state index contributed by atoms with van der Waals surface area (Å²) in [7, 11) is 0. The molecule has 30 heavy (non-hydrogen) atoms. The normalized spacial score (nSPS) is 29.1. The summed E-state index contributed by atoms with van der Waals surface area (Å²) in [4.78, 5) is 4.46. The highest BCUT2D eigenvalue weighted by Gasteiger charge is 2.54. The van der Waals surface area contributed by atoms with E-state index >= 15 is 0 Å². The molecule has 3 aromatic rings. The molecule has 0 radical (unpaired) electrons. The van der Waals surface area contributed by atoms with Gasteiger partial charge in [0, 0.05) is 35.9 Å². The van der Waals surface area contributed by atoms with Gasteiger partial charge < -0.3 is 9.59 Å². The van der Waals surface area contributed by atoms with Crippen molar-refractivity contribution in [2.45, 2.75) is 31.5 Å². The number of aliphatic hydroxyl groups excluding tert-OH is 1. The number of quaternary nitrogens is 1. The van der Waals surface area contributed by atoms with Crippen molar-refractivity contribution in [3.8, 4) is 0 Å². The van der Waals surface area contributed by atoms with Crippen molar-refractivity contribution in [1.29, 1.82) is 0 Å². The largest absolute Gasteiger partial charge is 0.382 e. The summed E-state index contributed by atoms with van der Waals surface area (Å²) in [6.45, 7) is 6.55. The van der Waals surface area contributed by atoms with Gasteiger partial charge >= 0.3 is 0 Å². The zero-order valence-electron chi connectivity index (χ0n) is 17.1. The van der Waals surface area contributed by atoms with Crippen LogP contribution in [0.5, 0.6) is 0 Å². The topological polar surface area (TPSA) is 33.1 Å². The molecule has 3 saturated heterocycles. The average molecular weight is 404 g/mol. The second-order valence-corrected chi connectivity index (χ2v) is 8.99. The fourth-order valence-electron chi connectivity index (χ4n) is 5.93. The van der Waals surface area contributed by atoms with Gasteiger partial charge in [-0.05, 0) is 29.7 Å². The molecular formula is C26H28FN2O+. The van der Waals surface area contributed by atoms with Crippen LogP contribution in [-0.2, 0) is 6.54 Å². The van der Waals surface area contributed by atoms with Crippen molar-refractivity contribution in [2.75, 3.05) is 13.1 Å². The molecule has 2 aromatic carbocycles. The van der Waals surface area contributed by atoms with E-state index in [1.54, 1.807) is 12.3 Å². The highest BCUT2D eigenvalue weighted by atomic mass is 19.1. The Balaban J connectivity index is 1.57. The van der Waals surface area contributed by atoms with E-state index in [2.05, 4.69) is 17.6 Å². The molecule has 4 unspecified atom stereocenters. The summed E-state index contributed by atoms with van der Waals surface area (Å²) in [5.41, 5.74) is 2.56. The van der Waals surface area contributed by atoms with Crippen LogP contribution in [0.25, 0.3) is 10.9 Å². The third-order valence-corrected chi connectivity index (χ3v) is 7.48. The molecule has 0 amide bonds. The number of pyridine rings is 1. The van der Waals surface area contributed by atoms with Gasteiger partial charge in [-0.15, -0.1) is 6.58 Å². The van der Waals surface area contributed by atoms with Crippen LogP contribution in [-0.4, -0.2) is 33.7 Å². The molecule has 3 fully saturated rings. The molecule has 3 aliphatic heterocycles. The molecular weight excluding hydrogens is 375 g/mol. The van der Waals surface area contributed by atoms with Crippen molar-refractivity contribution in [3.63, 3.8) is 0 Å². The summed E-state index contributed by atoms with van der Waals surface area (Å²) in [6.07, 6.45) is 5.28. The molecule has 4 heteroatoms. The first kappa shape index (κ1) is 19.4. The lowest BCUT2D eigenvalue weighted by Crippen LogP contribution is -2.67. The SMILES string of the molecule is C=CC1C[N+]2(Cc3ccccc3F)CCC1CC2[C@H](O)c1ccnc2ccccc12. The summed E-state index contributed by atoms with van der Waals surface area (Å²) in [5, 5.41) is 12.7. The van der Waals surface area contributed by atoms with Gasteiger partial charge in [0.1, 0.15) is 24.5 Å². The first-order chi connectivity index (χ1) is 14.6. The molecule has 1 aromatic heterocycles. The summed E-state index contributed by atoms with van der Waals surface area (Å²) < 4.78 is 15.3. The number of fused-ring (bicyclic) bond motifs is 4. The second kappa shape index (κ2) is 7.60. The Morgan fingerprint density at radius 2 is 1.97 bits per heavy atom. The zero-order valence-corrected chi connectivity index (χ0v) is 17.1. The van der Waals surface area contributed by atoms with Gasteiger partial charge in [0.2, 0.25) is 0 Å². The third kappa shape index (κ3) is 3.15. The van der Waals surface area contributed by atoms with Crippen molar-refractivity contribution in [2.24, 2.45) is 11.8 Å². The van der Waals surface area contributed by atoms with Gasteiger partial charge in [-0.25, -0.2) is 4.39 Å². The lowest BCUT2D eigenvalue weighted by molar-refractivity contribution is -0.985. The number of halogens is 1. The van der Waals surface area contributed by atoms with Crippen LogP contribution in [0.3, 0.4) is 0 Å². The fraction of sp³-hybridized carbons (Fsp3) is 0.346. The monoisotopic (exact) mass is 403 g/mol. The number of rotatable bonds is 5. The Kier molecular flexibility index (Phi) is 4.92. The van der Waals surface area contributed by atoms with Gasteiger partial charge in [0.05, 0.1) is 18.6 Å². The van der Waals surface area contributed by atoms with E-state index in [1.165, 1.54) is 6.07 Å². The van der Waals surface area contributed by atoms with E-state index in [9.17, 15) is 9.50 Å². The van der Waals surface area contributed by atoms with Crippen LogP contribution in [0.4, 0.5) is 4.39 Å². The Morgan fingerprint density at radius 3 is 2.80 bits per heavy atom. The second-order valence-electron chi connectivity index (χ2n) is 8.99. The number of aromatic nitrogens is 1. The smallest absolute Gasteiger partial charge is 0.132 e. The minimum absolute atomic E-state index is 0.0327. The van der Waals surface area contributed by atoms with Crippen molar-refractivity contribution >= 4 is 10.9 Å². The highest BCUT2D eigenvalue weighted by molar-refractivity contribution is 5.82. The minimum Gasteiger partial charge on any atom is -0.382 e. The van der Waals surface area contributed by atoms with Gasteiger partial charge in [0.25, 0.3) is 0 Å². The third-order valence-electron chi connectivity index (χ3n) is 7.48. The zero-order chi connectivity index (χ0) is 20.7. The minimum atomic E-state index is -0.613. The maximum Gasteiger partial charge on any atom is 0.132 e. The van der Waals surface area contributed by atoms with E-state index in [-0.39, 0.29) is 11.9 Å². The van der Waals surface area contributed by atoms with Crippen molar-refractivity contribution in [1.82, 2.24) is 4.98 Å². The van der Waals surface area contributed by atoms with Crippen LogP contribution in [0.2, 0.25) is 0 Å². The van der Waals surface area contributed by atoms with Gasteiger partial charge in [-0.2, -0.15) is 0 Å². The number of nitrogens with zero attached hydrogens (tertiary/aromatic N) is 2. The first-order valence-electron chi connectivity index (χ1n) is 10.8. The quantitative estimate of drug-likeness (QED) is 0.479. The Bertz CT molecular complexity index is 1080. The predicted molar refractivity (Wildman–Crippen MR) is 117 cm³/mol. The van der Waals surface area contributed by atoms with Crippen LogP contribution in [0.1, 0.15) is 30.1 Å². The molecule has 0 spiro atoms. The summed E-state index contributed by atoms with van der Waals surface area (Å²) in [6, 6.07) is 17.0. The summed E-state index contributed by atoms with van der Waals surface area (Å²) in [5.74, 6) is 0.800. The molecule has 3 aliphatic rings. The standard InChI is InChI=1S/C26H28FN2O/c1-2-18-16-29(17-20-7-3-5-9-23(20)27)14-12-19(18)15-25(29)26(30)22-11-13-28-24-10-6-4-8-21(22)24/h2-11,13,18-19,25-26,30H,1,12,14-17H2/q+1/t18?,19?,25?,26-,29?/m1/s1. The fourth-order valence-corrected chi connectivity index (χ4v) is 5.93. The van der Waals surface area contributed by atoms with Gasteiger partial charge in [0.15, 0.2) is 0 Å². The number of hydrogen-bond donors (Lipinski definition) is 1. The average Bonchev–Trinajstić information content (AvgIpc) is 2.79. The number of aliphatic hydroxyl groups is 1. The maximum absolute atomic E-state index is 14.6. The van der Waals surface area contributed by atoms with Crippen LogP contribution in [0, 0.1) is 17.7 Å².